The van der Waals surface area contributed by atoms with E-state index in [0.717, 1.165) is 0 Å². The van der Waals surface area contributed by atoms with Crippen LogP contribution in [0, 0.1) is 0 Å². The second-order valence-corrected chi connectivity index (χ2v) is 5.41. The van der Waals surface area contributed by atoms with Crippen LogP contribution in [0.1, 0.15) is 12.8 Å². The third-order valence-corrected chi connectivity index (χ3v) is 3.70. The van der Waals surface area contributed by atoms with Crippen molar-refractivity contribution in [3.05, 3.63) is 23.4 Å². The van der Waals surface area contributed by atoms with E-state index in [1.165, 1.54) is 22.9 Å². The average Bonchev–Trinajstić information content (AvgIpc) is 2.86. The summed E-state index contributed by atoms with van der Waals surface area (Å²) in [6.07, 6.45) is 3.45. The van der Waals surface area contributed by atoms with Crippen LogP contribution in [0.3, 0.4) is 0 Å². The lowest BCUT2D eigenvalue weighted by atomic mass is 10.00. The topological polar surface area (TPSA) is 150 Å². The molecule has 0 aliphatic carbocycles. The zero-order valence-corrected chi connectivity index (χ0v) is 12.0. The summed E-state index contributed by atoms with van der Waals surface area (Å²) in [5.74, 6) is -3.79. The molecule has 3 atom stereocenters. The first kappa shape index (κ1) is 16.7. The standard InChI is InChI=1S/C14H16N2O7/c17-8-5-11(14(22)23)16(6-8)2-1-7-3-9(12(18)19)15-10(4-7)13(20)21/h1-3,8,10-11,17H,4-6H2,(H3,18,19,20,21,22,23). The summed E-state index contributed by atoms with van der Waals surface area (Å²) >= 11 is 0. The van der Waals surface area contributed by atoms with E-state index in [-0.39, 0.29) is 25.1 Å². The van der Waals surface area contributed by atoms with Crippen molar-refractivity contribution in [1.29, 1.82) is 0 Å². The highest BCUT2D eigenvalue weighted by Gasteiger charge is 2.35. The summed E-state index contributed by atoms with van der Waals surface area (Å²) in [5.41, 5.74) is 0.174. The maximum atomic E-state index is 11.1. The van der Waals surface area contributed by atoms with Gasteiger partial charge in [0.25, 0.3) is 0 Å². The minimum Gasteiger partial charge on any atom is -0.543 e. The molecule has 1 saturated heterocycles. The second kappa shape index (κ2) is 6.61. The van der Waals surface area contributed by atoms with Crippen LogP contribution in [0.5, 0.6) is 0 Å². The van der Waals surface area contributed by atoms with Gasteiger partial charge in [0.15, 0.2) is 18.8 Å². The summed E-state index contributed by atoms with van der Waals surface area (Å²) in [7, 11) is 0. The number of hydrogen-bond donors (Lipinski definition) is 4. The molecule has 4 N–H and O–H groups in total. The van der Waals surface area contributed by atoms with Gasteiger partial charge < -0.3 is 30.5 Å². The average molecular weight is 324 g/mol. The number of nitrogens with zero attached hydrogens (tertiary/aromatic N) is 1. The van der Waals surface area contributed by atoms with Crippen molar-refractivity contribution in [2.24, 2.45) is 0 Å². The SMILES string of the molecule is O=C(O)C1=CC(=CC=[N+]2CC(O)CC2C(=O)[O-])CC(C(=O)O)N1. The Labute approximate surface area is 130 Å². The Balaban J connectivity index is 2.27. The van der Waals surface area contributed by atoms with E-state index >= 15 is 0 Å². The molecular formula is C14H16N2O7. The number of rotatable bonds is 4. The van der Waals surface area contributed by atoms with Gasteiger partial charge in [-0.2, -0.15) is 0 Å². The zero-order chi connectivity index (χ0) is 17.1. The van der Waals surface area contributed by atoms with E-state index in [1.54, 1.807) is 0 Å². The van der Waals surface area contributed by atoms with Crippen molar-refractivity contribution in [2.45, 2.75) is 31.0 Å². The van der Waals surface area contributed by atoms with E-state index < -0.39 is 36.1 Å². The molecule has 2 rings (SSSR count). The van der Waals surface area contributed by atoms with E-state index in [2.05, 4.69) is 5.32 Å². The number of aliphatic hydroxyl groups is 1. The zero-order valence-electron chi connectivity index (χ0n) is 12.0. The maximum absolute atomic E-state index is 11.1. The van der Waals surface area contributed by atoms with Crippen molar-refractivity contribution in [1.82, 2.24) is 5.32 Å². The molecular weight excluding hydrogens is 308 g/mol. The Morgan fingerprint density at radius 3 is 2.61 bits per heavy atom. The molecule has 0 spiro atoms. The number of carbonyl (C=O) groups is 3. The molecule has 0 saturated carbocycles. The fourth-order valence-corrected chi connectivity index (χ4v) is 2.58. The number of hydrogen-bond acceptors (Lipinski definition) is 6. The van der Waals surface area contributed by atoms with Crippen LogP contribution in [-0.4, -0.2) is 68.8 Å². The Hall–Kier alpha value is -2.68. The van der Waals surface area contributed by atoms with Gasteiger partial charge in [0.1, 0.15) is 23.8 Å². The summed E-state index contributed by atoms with van der Waals surface area (Å²) in [6.45, 7) is 0.110. The quantitative estimate of drug-likeness (QED) is 0.408. The number of aliphatic carboxylic acids is 3. The highest BCUT2D eigenvalue weighted by molar-refractivity contribution is 5.89. The third kappa shape index (κ3) is 3.95. The summed E-state index contributed by atoms with van der Waals surface area (Å²) in [5, 5.41) is 41.0. The van der Waals surface area contributed by atoms with Crippen molar-refractivity contribution in [3.63, 3.8) is 0 Å². The molecule has 9 nitrogen and oxygen atoms in total. The number of carboxylic acid groups (broad SMARTS) is 3. The molecule has 0 amide bonds. The maximum Gasteiger partial charge on any atom is 0.351 e. The minimum atomic E-state index is -1.31. The Bertz CT molecular complexity index is 635. The van der Waals surface area contributed by atoms with Crippen LogP contribution >= 0.6 is 0 Å². The van der Waals surface area contributed by atoms with Crippen molar-refractivity contribution < 1.29 is 39.4 Å². The number of β-amino-alcohol motifs (C(OH)–C–C–N with tert-alkyl or cyclic N) is 1. The molecule has 0 aromatic heterocycles. The normalized spacial score (nSPS) is 30.8. The van der Waals surface area contributed by atoms with E-state index in [9.17, 15) is 24.6 Å². The molecule has 2 heterocycles. The number of allylic oxidation sites excluding steroid dienone is 2. The first-order valence-corrected chi connectivity index (χ1v) is 6.91. The van der Waals surface area contributed by atoms with Gasteiger partial charge in [0.2, 0.25) is 0 Å². The largest absolute Gasteiger partial charge is 0.543 e. The third-order valence-electron chi connectivity index (χ3n) is 3.70. The molecule has 1 fully saturated rings. The monoisotopic (exact) mass is 324 g/mol. The van der Waals surface area contributed by atoms with E-state index in [0.29, 0.717) is 5.57 Å². The van der Waals surface area contributed by atoms with Crippen LogP contribution in [0.25, 0.3) is 0 Å². The van der Waals surface area contributed by atoms with Gasteiger partial charge in [-0.3, -0.25) is 0 Å². The van der Waals surface area contributed by atoms with Gasteiger partial charge in [-0.25, -0.2) is 14.2 Å². The molecule has 9 heteroatoms. The number of nitrogens with one attached hydrogen (secondary N) is 1. The molecule has 3 unspecified atom stereocenters. The summed E-state index contributed by atoms with van der Waals surface area (Å²) in [6, 6.07) is -2.05. The predicted octanol–water partition coefficient (Wildman–Crippen LogP) is -2.71. The van der Waals surface area contributed by atoms with Crippen LogP contribution in [0.4, 0.5) is 0 Å². The Morgan fingerprint density at radius 2 is 2.04 bits per heavy atom. The van der Waals surface area contributed by atoms with Crippen molar-refractivity contribution in [2.75, 3.05) is 6.54 Å². The van der Waals surface area contributed by atoms with E-state index in [4.69, 9.17) is 10.2 Å². The lowest BCUT2D eigenvalue weighted by Gasteiger charge is -2.21. The van der Waals surface area contributed by atoms with E-state index in [1.807, 2.05) is 0 Å². The fourth-order valence-electron chi connectivity index (χ4n) is 2.58. The number of aliphatic hydroxyl groups excluding tert-OH is 1. The lowest BCUT2D eigenvalue weighted by molar-refractivity contribution is -0.541. The highest BCUT2D eigenvalue weighted by atomic mass is 16.4. The predicted molar refractivity (Wildman–Crippen MR) is 73.6 cm³/mol. The molecule has 0 radical (unpaired) electrons. The molecule has 2 aliphatic rings. The van der Waals surface area contributed by atoms with Gasteiger partial charge in [-0.15, -0.1) is 0 Å². The van der Waals surface area contributed by atoms with Gasteiger partial charge in [-0.1, -0.05) is 0 Å². The fraction of sp³-hybridized carbons (Fsp3) is 0.429. The molecule has 0 aromatic rings. The van der Waals surface area contributed by atoms with Crippen molar-refractivity contribution in [3.8, 4) is 0 Å². The van der Waals surface area contributed by atoms with Gasteiger partial charge in [-0.05, 0) is 11.6 Å². The molecule has 0 bridgehead atoms. The van der Waals surface area contributed by atoms with Crippen LogP contribution in [0.15, 0.2) is 23.4 Å². The smallest absolute Gasteiger partial charge is 0.351 e. The lowest BCUT2D eigenvalue weighted by Crippen LogP contribution is -2.41. The highest BCUT2D eigenvalue weighted by Crippen LogP contribution is 2.17. The number of carboxylic acids is 3. The van der Waals surface area contributed by atoms with Crippen LogP contribution < -0.4 is 10.4 Å². The second-order valence-electron chi connectivity index (χ2n) is 5.41. The summed E-state index contributed by atoms with van der Waals surface area (Å²) < 4.78 is 1.37. The summed E-state index contributed by atoms with van der Waals surface area (Å²) in [4.78, 5) is 33.1. The first-order valence-electron chi connectivity index (χ1n) is 6.91. The molecule has 124 valence electrons. The Morgan fingerprint density at radius 1 is 1.35 bits per heavy atom. The molecule has 0 aromatic carbocycles. The van der Waals surface area contributed by atoms with Crippen LogP contribution in [0.2, 0.25) is 0 Å². The van der Waals surface area contributed by atoms with Gasteiger partial charge in [0.05, 0.1) is 0 Å². The Kier molecular flexibility index (Phi) is 4.80. The number of carbonyl (C=O) groups excluding carboxylic acids is 1. The van der Waals surface area contributed by atoms with Gasteiger partial charge in [0, 0.05) is 18.9 Å². The first-order chi connectivity index (χ1) is 10.8. The minimum absolute atomic E-state index is 0.0392. The van der Waals surface area contributed by atoms with Gasteiger partial charge >= 0.3 is 11.9 Å². The van der Waals surface area contributed by atoms with Crippen LogP contribution in [-0.2, 0) is 14.4 Å². The molecule has 23 heavy (non-hydrogen) atoms. The molecule has 2 aliphatic heterocycles. The van der Waals surface area contributed by atoms with Crippen molar-refractivity contribution >= 4 is 24.1 Å².